The van der Waals surface area contributed by atoms with Gasteiger partial charge in [-0.15, -0.1) is 0 Å². The maximum absolute atomic E-state index is 11.7. The molecule has 0 aliphatic carbocycles. The Kier molecular flexibility index (Phi) is 5.28. The number of nitrogens with zero attached hydrogens (tertiary/aromatic N) is 4. The van der Waals surface area contributed by atoms with Gasteiger partial charge in [-0.2, -0.15) is 0 Å². The molecule has 8 heteroatoms. The fraction of sp³-hybridized carbons (Fsp3) is 0.250. The summed E-state index contributed by atoms with van der Waals surface area (Å²) in [6, 6.07) is 13.7. The number of hydrogen-bond donors (Lipinski definition) is 2. The summed E-state index contributed by atoms with van der Waals surface area (Å²) in [6.45, 7) is 3.92. The minimum Gasteiger partial charge on any atom is -0.375 e. The number of pyridine rings is 1. The molecule has 3 aromatic heterocycles. The molecule has 32 heavy (non-hydrogen) atoms. The number of rotatable bonds is 6. The quantitative estimate of drug-likeness (QED) is 0.489. The van der Waals surface area contributed by atoms with Gasteiger partial charge in [0.25, 0.3) is 5.91 Å². The first-order valence-corrected chi connectivity index (χ1v) is 10.6. The lowest BCUT2D eigenvalue weighted by atomic mass is 9.98. The van der Waals surface area contributed by atoms with Gasteiger partial charge in [0.15, 0.2) is 0 Å². The second-order valence-electron chi connectivity index (χ2n) is 8.01. The van der Waals surface area contributed by atoms with Crippen LogP contribution in [0.2, 0.25) is 0 Å². The Morgan fingerprint density at radius 2 is 2.06 bits per heavy atom. The summed E-state index contributed by atoms with van der Waals surface area (Å²) in [5, 5.41) is 3.51. The Bertz CT molecular complexity index is 1280. The maximum Gasteiger partial charge on any atom is 0.252 e. The van der Waals surface area contributed by atoms with Crippen LogP contribution in [0.15, 0.2) is 54.9 Å². The van der Waals surface area contributed by atoms with Crippen molar-refractivity contribution >= 4 is 17.4 Å². The number of amides is 1. The molecule has 0 bridgehead atoms. The summed E-state index contributed by atoms with van der Waals surface area (Å²) in [5.74, 6) is 1.22. The van der Waals surface area contributed by atoms with Crippen LogP contribution in [0.25, 0.3) is 5.65 Å². The highest BCUT2D eigenvalue weighted by atomic mass is 16.5. The number of nitrogens with two attached hydrogens (primary N) is 1. The Hall–Kier alpha value is -3.78. The summed E-state index contributed by atoms with van der Waals surface area (Å²) in [4.78, 5) is 25.8. The molecular formula is C24H24N6O2. The van der Waals surface area contributed by atoms with Crippen LogP contribution in [-0.2, 0) is 24.3 Å². The number of anilines is 1. The Labute approximate surface area is 185 Å². The molecule has 1 atom stereocenters. The van der Waals surface area contributed by atoms with E-state index in [9.17, 15) is 4.79 Å². The van der Waals surface area contributed by atoms with Gasteiger partial charge >= 0.3 is 0 Å². The predicted octanol–water partition coefficient (Wildman–Crippen LogP) is 3.06. The molecule has 162 valence electrons. The summed E-state index contributed by atoms with van der Waals surface area (Å²) in [6.07, 6.45) is 4.06. The number of fused-ring (bicyclic) bond motifs is 2. The Morgan fingerprint density at radius 1 is 1.22 bits per heavy atom. The standard InChI is InChI=1S/C24H24N6O2/c1-15-13-32-14-19-21(15)23(26-11-16-6-3-2-4-7-16)29-20(28-19)10-17-12-27-24-18(22(25)31)8-5-9-30(17)24/h2-9,12,15H,10-11,13-14H2,1H3,(H2,25,31)(H,26,28,29). The van der Waals surface area contributed by atoms with Crippen LogP contribution in [-0.4, -0.2) is 31.9 Å². The lowest BCUT2D eigenvalue weighted by Crippen LogP contribution is -2.21. The number of imidazole rings is 1. The molecule has 4 heterocycles. The first-order chi connectivity index (χ1) is 15.6. The van der Waals surface area contributed by atoms with Gasteiger partial charge in [-0.25, -0.2) is 15.0 Å². The number of benzene rings is 1. The van der Waals surface area contributed by atoms with E-state index in [4.69, 9.17) is 20.4 Å². The predicted molar refractivity (Wildman–Crippen MR) is 120 cm³/mol. The number of hydrogen-bond acceptors (Lipinski definition) is 6. The van der Waals surface area contributed by atoms with Gasteiger partial charge in [-0.1, -0.05) is 37.3 Å². The number of ether oxygens (including phenoxy) is 1. The maximum atomic E-state index is 11.7. The van der Waals surface area contributed by atoms with Gasteiger partial charge in [-0.05, 0) is 17.7 Å². The Morgan fingerprint density at radius 3 is 2.88 bits per heavy atom. The van der Waals surface area contributed by atoms with E-state index in [0.717, 1.165) is 22.8 Å². The van der Waals surface area contributed by atoms with Crippen LogP contribution >= 0.6 is 0 Å². The van der Waals surface area contributed by atoms with Crippen LogP contribution < -0.4 is 11.1 Å². The number of primary amides is 1. The van der Waals surface area contributed by atoms with E-state index in [1.54, 1.807) is 18.3 Å². The van der Waals surface area contributed by atoms with Crippen LogP contribution in [0.4, 0.5) is 5.82 Å². The average Bonchev–Trinajstić information content (AvgIpc) is 3.21. The van der Waals surface area contributed by atoms with Crippen LogP contribution in [0, 0.1) is 0 Å². The summed E-state index contributed by atoms with van der Waals surface area (Å²) < 4.78 is 7.60. The van der Waals surface area contributed by atoms with Gasteiger partial charge < -0.3 is 20.2 Å². The fourth-order valence-electron chi connectivity index (χ4n) is 4.15. The molecule has 0 saturated carbocycles. The van der Waals surface area contributed by atoms with Crippen molar-refractivity contribution in [3.8, 4) is 0 Å². The molecule has 1 amide bonds. The van der Waals surface area contributed by atoms with Crippen molar-refractivity contribution in [2.75, 3.05) is 11.9 Å². The molecule has 4 aromatic rings. The van der Waals surface area contributed by atoms with E-state index in [-0.39, 0.29) is 5.92 Å². The lowest BCUT2D eigenvalue weighted by Gasteiger charge is -2.25. The number of nitrogens with one attached hydrogen (secondary N) is 1. The van der Waals surface area contributed by atoms with E-state index in [2.05, 4.69) is 29.4 Å². The van der Waals surface area contributed by atoms with Crippen LogP contribution in [0.3, 0.4) is 0 Å². The third kappa shape index (κ3) is 3.80. The van der Waals surface area contributed by atoms with E-state index < -0.39 is 5.91 Å². The van der Waals surface area contributed by atoms with E-state index >= 15 is 0 Å². The smallest absolute Gasteiger partial charge is 0.252 e. The summed E-state index contributed by atoms with van der Waals surface area (Å²) >= 11 is 0. The second-order valence-corrected chi connectivity index (χ2v) is 8.01. The van der Waals surface area contributed by atoms with Gasteiger partial charge in [0.2, 0.25) is 0 Å². The molecular weight excluding hydrogens is 404 g/mol. The second kappa shape index (κ2) is 8.39. The molecule has 3 N–H and O–H groups in total. The molecule has 1 aromatic carbocycles. The molecule has 8 nitrogen and oxygen atoms in total. The highest BCUT2D eigenvalue weighted by Crippen LogP contribution is 2.31. The van der Waals surface area contributed by atoms with Crippen molar-refractivity contribution in [2.24, 2.45) is 5.73 Å². The lowest BCUT2D eigenvalue weighted by molar-refractivity contribution is 0.0916. The topological polar surface area (TPSA) is 107 Å². The Balaban J connectivity index is 1.50. The minimum absolute atomic E-state index is 0.208. The average molecular weight is 428 g/mol. The molecule has 0 fully saturated rings. The number of carbonyl (C=O) groups is 1. The summed E-state index contributed by atoms with van der Waals surface area (Å²) in [7, 11) is 0. The molecule has 1 aliphatic heterocycles. The first kappa shape index (κ1) is 20.1. The highest BCUT2D eigenvalue weighted by molar-refractivity contribution is 5.98. The minimum atomic E-state index is -0.503. The first-order valence-electron chi connectivity index (χ1n) is 10.6. The monoisotopic (exact) mass is 428 g/mol. The number of carbonyl (C=O) groups excluding carboxylic acids is 1. The largest absolute Gasteiger partial charge is 0.375 e. The summed E-state index contributed by atoms with van der Waals surface area (Å²) in [5.41, 5.74) is 10.5. The van der Waals surface area contributed by atoms with E-state index in [0.29, 0.717) is 43.2 Å². The van der Waals surface area contributed by atoms with Gasteiger partial charge in [-0.3, -0.25) is 4.79 Å². The SMILES string of the molecule is CC1COCc2nc(Cc3cnc4c(C(N)=O)cccn34)nc(NCc3ccccc3)c21. The van der Waals surface area contributed by atoms with Crippen molar-refractivity contribution < 1.29 is 9.53 Å². The van der Waals surface area contributed by atoms with Gasteiger partial charge in [0.05, 0.1) is 36.6 Å². The molecule has 0 spiro atoms. The van der Waals surface area contributed by atoms with Crippen LogP contribution in [0.5, 0.6) is 0 Å². The van der Waals surface area contributed by atoms with E-state index in [1.807, 2.05) is 28.8 Å². The van der Waals surface area contributed by atoms with Crippen molar-refractivity contribution in [3.63, 3.8) is 0 Å². The van der Waals surface area contributed by atoms with Crippen molar-refractivity contribution in [2.45, 2.75) is 32.4 Å². The molecule has 1 aliphatic rings. The molecule has 1 unspecified atom stereocenters. The zero-order valence-electron chi connectivity index (χ0n) is 17.8. The fourth-order valence-corrected chi connectivity index (χ4v) is 4.15. The zero-order valence-corrected chi connectivity index (χ0v) is 17.8. The molecule has 5 rings (SSSR count). The van der Waals surface area contributed by atoms with Crippen molar-refractivity contribution in [1.82, 2.24) is 19.4 Å². The van der Waals surface area contributed by atoms with Gasteiger partial charge in [0.1, 0.15) is 17.3 Å². The highest BCUT2D eigenvalue weighted by Gasteiger charge is 2.24. The molecule has 0 saturated heterocycles. The normalized spacial score (nSPS) is 15.5. The third-order valence-electron chi connectivity index (χ3n) is 5.69. The molecule has 0 radical (unpaired) electrons. The zero-order chi connectivity index (χ0) is 22.1. The van der Waals surface area contributed by atoms with Crippen molar-refractivity contribution in [3.05, 3.63) is 88.8 Å². The van der Waals surface area contributed by atoms with Gasteiger partial charge in [0, 0.05) is 30.4 Å². The van der Waals surface area contributed by atoms with Crippen LogP contribution in [0.1, 0.15) is 51.5 Å². The van der Waals surface area contributed by atoms with E-state index in [1.165, 1.54) is 5.56 Å². The van der Waals surface area contributed by atoms with Crippen molar-refractivity contribution in [1.29, 1.82) is 0 Å². The third-order valence-corrected chi connectivity index (χ3v) is 5.69. The number of aromatic nitrogens is 4.